The first-order valence-corrected chi connectivity index (χ1v) is 8.40. The number of nitrogens with one attached hydrogen (secondary N) is 1. The molecule has 1 saturated heterocycles. The van der Waals surface area contributed by atoms with E-state index in [0.29, 0.717) is 6.04 Å². The summed E-state index contributed by atoms with van der Waals surface area (Å²) in [6.45, 7) is 1.70. The summed E-state index contributed by atoms with van der Waals surface area (Å²) in [6.07, 6.45) is 8.71. The lowest BCUT2D eigenvalue weighted by Gasteiger charge is -2.34. The summed E-state index contributed by atoms with van der Waals surface area (Å²) >= 11 is 0. The van der Waals surface area contributed by atoms with Crippen molar-refractivity contribution in [3.05, 3.63) is 12.5 Å². The third kappa shape index (κ3) is 2.64. The van der Waals surface area contributed by atoms with Gasteiger partial charge in [0.25, 0.3) is 0 Å². The lowest BCUT2D eigenvalue weighted by molar-refractivity contribution is -0.126. The van der Waals surface area contributed by atoms with Gasteiger partial charge in [-0.25, -0.2) is 9.97 Å². The van der Waals surface area contributed by atoms with Crippen molar-refractivity contribution in [3.63, 3.8) is 0 Å². The average molecular weight is 314 g/mol. The fourth-order valence-corrected chi connectivity index (χ4v) is 3.43. The highest BCUT2D eigenvalue weighted by molar-refractivity contribution is 5.87. The lowest BCUT2D eigenvalue weighted by Crippen LogP contribution is -2.46. The Hall–Kier alpha value is -2.18. The molecule has 0 aromatic carbocycles. The van der Waals surface area contributed by atoms with E-state index in [-0.39, 0.29) is 11.8 Å². The van der Waals surface area contributed by atoms with Crippen molar-refractivity contribution < 1.29 is 4.79 Å². The zero-order valence-electron chi connectivity index (χ0n) is 13.4. The Morgan fingerprint density at radius 1 is 1.22 bits per heavy atom. The standard InChI is InChI=1S/C16H22N6O/c1-21-14-13(9-19-21)15(18-10-17-14)22-7-5-11(6-8-22)16(23)20-12-3-2-4-12/h9-12H,2-8H2,1H3,(H,20,23). The summed E-state index contributed by atoms with van der Waals surface area (Å²) in [6, 6.07) is 0.428. The third-order valence-corrected chi connectivity index (χ3v) is 5.13. The van der Waals surface area contributed by atoms with Crippen LogP contribution < -0.4 is 10.2 Å². The Labute approximate surface area is 135 Å². The van der Waals surface area contributed by atoms with Gasteiger partial charge in [-0.15, -0.1) is 0 Å². The van der Waals surface area contributed by atoms with E-state index in [0.717, 1.165) is 55.6 Å². The molecule has 7 heteroatoms. The number of aryl methyl sites for hydroxylation is 1. The van der Waals surface area contributed by atoms with Crippen LogP contribution in [-0.2, 0) is 11.8 Å². The first-order valence-electron chi connectivity index (χ1n) is 8.40. The van der Waals surface area contributed by atoms with Gasteiger partial charge in [0.15, 0.2) is 5.65 Å². The van der Waals surface area contributed by atoms with Crippen molar-refractivity contribution in [3.8, 4) is 0 Å². The predicted molar refractivity (Wildman–Crippen MR) is 87.0 cm³/mol. The number of amides is 1. The molecule has 4 rings (SSSR count). The van der Waals surface area contributed by atoms with Crippen LogP contribution >= 0.6 is 0 Å². The molecule has 7 nitrogen and oxygen atoms in total. The number of anilines is 1. The topological polar surface area (TPSA) is 75.9 Å². The molecule has 2 aliphatic rings. The van der Waals surface area contributed by atoms with Crippen LogP contribution in [-0.4, -0.2) is 44.8 Å². The minimum Gasteiger partial charge on any atom is -0.356 e. The number of hydrogen-bond donors (Lipinski definition) is 1. The first-order chi connectivity index (χ1) is 11.2. The molecule has 2 fully saturated rings. The van der Waals surface area contributed by atoms with Crippen molar-refractivity contribution in [1.29, 1.82) is 0 Å². The second-order valence-corrected chi connectivity index (χ2v) is 6.60. The molecule has 3 heterocycles. The largest absolute Gasteiger partial charge is 0.356 e. The van der Waals surface area contributed by atoms with Gasteiger partial charge in [0.05, 0.1) is 11.6 Å². The maximum absolute atomic E-state index is 12.3. The Kier molecular flexibility index (Phi) is 3.63. The molecule has 1 saturated carbocycles. The van der Waals surface area contributed by atoms with Gasteiger partial charge >= 0.3 is 0 Å². The third-order valence-electron chi connectivity index (χ3n) is 5.13. The number of fused-ring (bicyclic) bond motifs is 1. The molecule has 1 N–H and O–H groups in total. The molecular formula is C16H22N6O. The number of piperidine rings is 1. The Morgan fingerprint density at radius 3 is 2.70 bits per heavy atom. The maximum Gasteiger partial charge on any atom is 0.223 e. The number of aromatic nitrogens is 4. The summed E-state index contributed by atoms with van der Waals surface area (Å²) in [5.74, 6) is 1.31. The molecule has 1 amide bonds. The summed E-state index contributed by atoms with van der Waals surface area (Å²) in [4.78, 5) is 23.3. The van der Waals surface area contributed by atoms with E-state index >= 15 is 0 Å². The highest BCUT2D eigenvalue weighted by Crippen LogP contribution is 2.27. The zero-order chi connectivity index (χ0) is 15.8. The molecule has 2 aromatic heterocycles. The Balaban J connectivity index is 1.43. The van der Waals surface area contributed by atoms with Crippen molar-refractivity contribution in [2.45, 2.75) is 38.1 Å². The summed E-state index contributed by atoms with van der Waals surface area (Å²) in [7, 11) is 1.89. The Bertz CT molecular complexity index is 714. The highest BCUT2D eigenvalue weighted by Gasteiger charge is 2.29. The van der Waals surface area contributed by atoms with Crippen LogP contribution in [0.3, 0.4) is 0 Å². The summed E-state index contributed by atoms with van der Waals surface area (Å²) in [5, 5.41) is 8.42. The van der Waals surface area contributed by atoms with Crippen LogP contribution in [0, 0.1) is 5.92 Å². The number of hydrogen-bond acceptors (Lipinski definition) is 5. The minimum atomic E-state index is 0.137. The molecule has 23 heavy (non-hydrogen) atoms. The van der Waals surface area contributed by atoms with E-state index in [9.17, 15) is 4.79 Å². The van der Waals surface area contributed by atoms with Gasteiger partial charge in [0, 0.05) is 32.1 Å². The van der Waals surface area contributed by atoms with E-state index < -0.39 is 0 Å². The van der Waals surface area contributed by atoms with E-state index in [1.54, 1.807) is 11.0 Å². The van der Waals surface area contributed by atoms with Crippen LogP contribution in [0.15, 0.2) is 12.5 Å². The lowest BCUT2D eigenvalue weighted by atomic mass is 9.90. The van der Waals surface area contributed by atoms with Crippen LogP contribution in [0.1, 0.15) is 32.1 Å². The van der Waals surface area contributed by atoms with Gasteiger partial charge in [-0.1, -0.05) is 0 Å². The van der Waals surface area contributed by atoms with Gasteiger partial charge < -0.3 is 10.2 Å². The number of carbonyl (C=O) groups is 1. The molecule has 0 unspecified atom stereocenters. The number of carbonyl (C=O) groups excluding carboxylic acids is 1. The van der Waals surface area contributed by atoms with Crippen LogP contribution in [0.5, 0.6) is 0 Å². The summed E-state index contributed by atoms with van der Waals surface area (Å²) in [5.41, 5.74) is 0.847. The van der Waals surface area contributed by atoms with Gasteiger partial charge in [-0.3, -0.25) is 9.48 Å². The smallest absolute Gasteiger partial charge is 0.223 e. The number of nitrogens with zero attached hydrogens (tertiary/aromatic N) is 5. The second-order valence-electron chi connectivity index (χ2n) is 6.60. The second kappa shape index (κ2) is 5.79. The molecule has 0 bridgehead atoms. The molecule has 1 aliphatic carbocycles. The monoisotopic (exact) mass is 314 g/mol. The van der Waals surface area contributed by atoms with E-state index in [1.807, 2.05) is 13.2 Å². The van der Waals surface area contributed by atoms with Gasteiger partial charge in [0.2, 0.25) is 5.91 Å². The van der Waals surface area contributed by atoms with E-state index in [4.69, 9.17) is 0 Å². The maximum atomic E-state index is 12.3. The van der Waals surface area contributed by atoms with Gasteiger partial charge in [-0.2, -0.15) is 5.10 Å². The SMILES string of the molecule is Cn1ncc2c(N3CCC(C(=O)NC4CCC4)CC3)ncnc21. The molecule has 0 spiro atoms. The van der Waals surface area contributed by atoms with Crippen LogP contribution in [0.25, 0.3) is 11.0 Å². The zero-order valence-corrected chi connectivity index (χ0v) is 13.4. The average Bonchev–Trinajstić information content (AvgIpc) is 2.92. The van der Waals surface area contributed by atoms with Crippen molar-refractivity contribution in [2.75, 3.05) is 18.0 Å². The molecule has 2 aromatic rings. The Morgan fingerprint density at radius 2 is 2.00 bits per heavy atom. The van der Waals surface area contributed by atoms with Gasteiger partial charge in [0.1, 0.15) is 12.1 Å². The molecule has 0 atom stereocenters. The molecular weight excluding hydrogens is 292 g/mol. The highest BCUT2D eigenvalue weighted by atomic mass is 16.2. The van der Waals surface area contributed by atoms with Crippen LogP contribution in [0.2, 0.25) is 0 Å². The summed E-state index contributed by atoms with van der Waals surface area (Å²) < 4.78 is 1.76. The quantitative estimate of drug-likeness (QED) is 0.923. The van der Waals surface area contributed by atoms with E-state index in [2.05, 4.69) is 25.3 Å². The fourth-order valence-electron chi connectivity index (χ4n) is 3.43. The molecule has 0 radical (unpaired) electrons. The minimum absolute atomic E-state index is 0.137. The molecule has 1 aliphatic heterocycles. The predicted octanol–water partition coefficient (Wildman–Crippen LogP) is 1.25. The van der Waals surface area contributed by atoms with Crippen molar-refractivity contribution >= 4 is 22.8 Å². The molecule has 122 valence electrons. The fraction of sp³-hybridized carbons (Fsp3) is 0.625. The van der Waals surface area contributed by atoms with E-state index in [1.165, 1.54) is 6.42 Å². The van der Waals surface area contributed by atoms with Gasteiger partial charge in [-0.05, 0) is 32.1 Å². The van der Waals surface area contributed by atoms with Crippen molar-refractivity contribution in [2.24, 2.45) is 13.0 Å². The number of rotatable bonds is 3. The van der Waals surface area contributed by atoms with Crippen molar-refractivity contribution in [1.82, 2.24) is 25.1 Å². The normalized spacial score (nSPS) is 19.8. The van der Waals surface area contributed by atoms with Crippen LogP contribution in [0.4, 0.5) is 5.82 Å². The first kappa shape index (κ1) is 14.4.